The van der Waals surface area contributed by atoms with Crippen molar-refractivity contribution >= 4 is 28.4 Å². The van der Waals surface area contributed by atoms with Crippen LogP contribution >= 0.6 is 11.6 Å². The number of hydroxylamine groups is 1. The van der Waals surface area contributed by atoms with Crippen LogP contribution in [-0.2, 0) is 6.42 Å². The van der Waals surface area contributed by atoms with Crippen LogP contribution in [0.5, 0.6) is 0 Å². The van der Waals surface area contributed by atoms with E-state index in [0.29, 0.717) is 18.0 Å². The molecule has 0 saturated heterocycles. The first-order valence-corrected chi connectivity index (χ1v) is 10.7. The van der Waals surface area contributed by atoms with Crippen molar-refractivity contribution in [2.24, 2.45) is 0 Å². The van der Waals surface area contributed by atoms with Gasteiger partial charge in [-0.3, -0.25) is 15.2 Å². The van der Waals surface area contributed by atoms with Crippen LogP contribution < -0.4 is 10.8 Å². The van der Waals surface area contributed by atoms with Gasteiger partial charge in [-0.25, -0.2) is 10.3 Å². The van der Waals surface area contributed by atoms with Gasteiger partial charge in [0.25, 0.3) is 0 Å². The van der Waals surface area contributed by atoms with Gasteiger partial charge in [-0.1, -0.05) is 35.9 Å². The van der Waals surface area contributed by atoms with Gasteiger partial charge in [0.05, 0.1) is 16.8 Å². The second-order valence-electron chi connectivity index (χ2n) is 7.59. The molecule has 3 N–H and O–H groups in total. The van der Waals surface area contributed by atoms with Gasteiger partial charge in [0.1, 0.15) is 0 Å². The van der Waals surface area contributed by atoms with E-state index in [4.69, 9.17) is 21.8 Å². The normalized spacial score (nSPS) is 12.0. The van der Waals surface area contributed by atoms with Gasteiger partial charge < -0.3 is 10.2 Å². The summed E-state index contributed by atoms with van der Waals surface area (Å²) in [5, 5.41) is 15.2. The Bertz CT molecular complexity index is 1020. The number of nitrogens with one attached hydrogen (secondary N) is 2. The summed E-state index contributed by atoms with van der Waals surface area (Å²) >= 11 is 6.09. The van der Waals surface area contributed by atoms with Crippen LogP contribution in [0, 0.1) is 6.92 Å². The molecule has 0 aliphatic carbocycles. The number of nitrogens with zero attached hydrogens (tertiary/aromatic N) is 3. The first-order chi connectivity index (χ1) is 15.0. The Morgan fingerprint density at radius 2 is 2.03 bits per heavy atom. The van der Waals surface area contributed by atoms with Crippen molar-refractivity contribution < 1.29 is 10.0 Å². The summed E-state index contributed by atoms with van der Waals surface area (Å²) in [7, 11) is 1.65. The van der Waals surface area contributed by atoms with Gasteiger partial charge in [0.15, 0.2) is 0 Å². The molecule has 2 amide bonds. The largest absolute Gasteiger partial charge is 0.340 e. The topological polar surface area (TPSA) is 90.4 Å². The summed E-state index contributed by atoms with van der Waals surface area (Å²) in [5.41, 5.74) is 4.67. The number of hydrogen-bond acceptors (Lipinski definition) is 5. The second kappa shape index (κ2) is 11.0. The van der Waals surface area contributed by atoms with E-state index in [9.17, 15) is 4.79 Å². The fourth-order valence-electron chi connectivity index (χ4n) is 3.60. The molecule has 3 rings (SSSR count). The summed E-state index contributed by atoms with van der Waals surface area (Å²) < 4.78 is 0. The average molecular weight is 442 g/mol. The van der Waals surface area contributed by atoms with E-state index < -0.39 is 6.03 Å². The number of halogens is 1. The standard InChI is InChI=1S/C23H28ClN5O2/c1-16-13-18(24)15-27-20(16)14-21(25-10-5-6-12-29(2)23(30)28-31)22-19-8-4-3-7-17(19)9-11-26-22/h3-4,7-9,11,13,15,21,25,31H,5-6,10,12,14H2,1-2H3,(H,28,30). The number of rotatable bonds is 9. The summed E-state index contributed by atoms with van der Waals surface area (Å²) in [5.74, 6) is 0. The fraction of sp³-hybridized carbons (Fsp3) is 0.348. The maximum absolute atomic E-state index is 11.4. The van der Waals surface area contributed by atoms with Crippen molar-refractivity contribution in [1.29, 1.82) is 0 Å². The molecule has 0 saturated carbocycles. The van der Waals surface area contributed by atoms with E-state index in [1.807, 2.05) is 37.4 Å². The number of aryl methyl sites for hydroxylation is 1. The van der Waals surface area contributed by atoms with Crippen LogP contribution in [0.3, 0.4) is 0 Å². The number of unbranched alkanes of at least 4 members (excludes halogenated alkanes) is 1. The smallest absolute Gasteiger partial charge is 0.326 e. The van der Waals surface area contributed by atoms with E-state index >= 15 is 0 Å². The Hall–Kier alpha value is -2.74. The van der Waals surface area contributed by atoms with Gasteiger partial charge in [0.2, 0.25) is 0 Å². The fourth-order valence-corrected chi connectivity index (χ4v) is 3.81. The molecule has 0 aliphatic rings. The van der Waals surface area contributed by atoms with Crippen molar-refractivity contribution in [3.05, 3.63) is 70.8 Å². The highest BCUT2D eigenvalue weighted by Crippen LogP contribution is 2.26. The lowest BCUT2D eigenvalue weighted by Crippen LogP contribution is -2.36. The Labute approximate surface area is 187 Å². The van der Waals surface area contributed by atoms with Crippen molar-refractivity contribution in [3.63, 3.8) is 0 Å². The molecule has 1 unspecified atom stereocenters. The Morgan fingerprint density at radius 3 is 2.81 bits per heavy atom. The quantitative estimate of drug-likeness (QED) is 0.262. The third-order valence-corrected chi connectivity index (χ3v) is 5.55. The maximum Gasteiger partial charge on any atom is 0.340 e. The summed E-state index contributed by atoms with van der Waals surface area (Å²) in [6.07, 6.45) is 5.90. The zero-order valence-corrected chi connectivity index (χ0v) is 18.6. The van der Waals surface area contributed by atoms with Gasteiger partial charge in [-0.05, 0) is 49.4 Å². The number of carbonyl (C=O) groups excluding carboxylic acids is 1. The molecular weight excluding hydrogens is 414 g/mol. The van der Waals surface area contributed by atoms with E-state index in [1.165, 1.54) is 4.90 Å². The van der Waals surface area contributed by atoms with Crippen LogP contribution in [0.2, 0.25) is 5.02 Å². The molecule has 31 heavy (non-hydrogen) atoms. The molecule has 1 atom stereocenters. The summed E-state index contributed by atoms with van der Waals surface area (Å²) in [6.45, 7) is 3.34. The molecule has 0 radical (unpaired) electrons. The van der Waals surface area contributed by atoms with E-state index in [1.54, 1.807) is 18.7 Å². The number of hydrogen-bond donors (Lipinski definition) is 3. The Kier molecular flexibility index (Phi) is 8.17. The van der Waals surface area contributed by atoms with Crippen LogP contribution in [-0.4, -0.2) is 46.2 Å². The van der Waals surface area contributed by atoms with E-state index in [2.05, 4.69) is 22.4 Å². The number of fused-ring (bicyclic) bond motifs is 1. The molecule has 0 aliphatic heterocycles. The van der Waals surface area contributed by atoms with Crippen molar-refractivity contribution in [2.45, 2.75) is 32.2 Å². The predicted octanol–water partition coefficient (Wildman–Crippen LogP) is 4.28. The van der Waals surface area contributed by atoms with Gasteiger partial charge in [0, 0.05) is 43.5 Å². The SMILES string of the molecule is Cc1cc(Cl)cnc1CC(NCCCCN(C)C(=O)NO)c1nccc2ccccc12. The van der Waals surface area contributed by atoms with Gasteiger partial charge in [-0.2, -0.15) is 0 Å². The minimum atomic E-state index is -0.505. The summed E-state index contributed by atoms with van der Waals surface area (Å²) in [4.78, 5) is 22.1. The van der Waals surface area contributed by atoms with Crippen LogP contribution in [0.25, 0.3) is 10.8 Å². The van der Waals surface area contributed by atoms with Gasteiger partial charge in [-0.15, -0.1) is 0 Å². The zero-order valence-electron chi connectivity index (χ0n) is 17.8. The minimum absolute atomic E-state index is 0.0167. The van der Waals surface area contributed by atoms with E-state index in [-0.39, 0.29) is 6.04 Å². The zero-order chi connectivity index (χ0) is 22.2. The number of carbonyl (C=O) groups is 1. The first-order valence-electron chi connectivity index (χ1n) is 10.3. The third-order valence-electron chi connectivity index (χ3n) is 5.34. The van der Waals surface area contributed by atoms with Crippen molar-refractivity contribution in [3.8, 4) is 0 Å². The molecule has 7 nitrogen and oxygen atoms in total. The highest BCUT2D eigenvalue weighted by Gasteiger charge is 2.18. The van der Waals surface area contributed by atoms with Crippen LogP contribution in [0.15, 0.2) is 48.8 Å². The summed E-state index contributed by atoms with van der Waals surface area (Å²) in [6, 6.07) is 11.7. The number of urea groups is 1. The third kappa shape index (κ3) is 6.13. The molecular formula is C23H28ClN5O2. The molecule has 3 aromatic rings. The Morgan fingerprint density at radius 1 is 1.23 bits per heavy atom. The molecule has 164 valence electrons. The van der Waals surface area contributed by atoms with Gasteiger partial charge >= 0.3 is 6.03 Å². The van der Waals surface area contributed by atoms with Crippen molar-refractivity contribution in [2.75, 3.05) is 20.1 Å². The van der Waals surface area contributed by atoms with E-state index in [0.717, 1.165) is 47.1 Å². The Balaban J connectivity index is 1.74. The molecule has 2 aromatic heterocycles. The molecule has 2 heterocycles. The average Bonchev–Trinajstić information content (AvgIpc) is 2.78. The number of benzene rings is 1. The lowest BCUT2D eigenvalue weighted by atomic mass is 9.99. The molecule has 0 spiro atoms. The monoisotopic (exact) mass is 441 g/mol. The lowest BCUT2D eigenvalue weighted by Gasteiger charge is -2.21. The van der Waals surface area contributed by atoms with Crippen LogP contribution in [0.1, 0.15) is 35.8 Å². The maximum atomic E-state index is 11.4. The highest BCUT2D eigenvalue weighted by molar-refractivity contribution is 6.30. The number of aromatic nitrogens is 2. The molecule has 1 aromatic carbocycles. The minimum Gasteiger partial charge on any atom is -0.326 e. The predicted molar refractivity (Wildman–Crippen MR) is 122 cm³/mol. The van der Waals surface area contributed by atoms with Crippen molar-refractivity contribution in [1.82, 2.24) is 25.7 Å². The second-order valence-corrected chi connectivity index (χ2v) is 8.03. The molecule has 0 fully saturated rings. The number of pyridine rings is 2. The van der Waals surface area contributed by atoms with Crippen LogP contribution in [0.4, 0.5) is 4.79 Å². The molecule has 0 bridgehead atoms. The lowest BCUT2D eigenvalue weighted by molar-refractivity contribution is 0.136. The highest BCUT2D eigenvalue weighted by atomic mass is 35.5. The molecule has 8 heteroatoms. The number of amides is 2. The first kappa shape index (κ1) is 22.9.